The van der Waals surface area contributed by atoms with Gasteiger partial charge < -0.3 is 9.84 Å². The number of thioether (sulfide) groups is 1. The van der Waals surface area contributed by atoms with Gasteiger partial charge in [-0.25, -0.2) is 17.8 Å². The molecule has 164 valence electrons. The standard InChI is InChI=1S/C21H27FN2O4S2/c1-24(17-5-3-2-4-6-17)30(26,27)20-11-12-21(23-13-20)29-15-18(25)14-28-19-9-7-16(22)8-10-19/h7-13,17-18,25H,2-6,14-15H2,1H3. The summed E-state index contributed by atoms with van der Waals surface area (Å²) in [4.78, 5) is 4.42. The number of ether oxygens (including phenoxy) is 1. The highest BCUT2D eigenvalue weighted by Crippen LogP contribution is 2.27. The zero-order chi connectivity index (χ0) is 21.6. The molecule has 1 unspecified atom stereocenters. The number of hydrogen-bond donors (Lipinski definition) is 1. The fraction of sp³-hybridized carbons (Fsp3) is 0.476. The number of sulfonamides is 1. The lowest BCUT2D eigenvalue weighted by Crippen LogP contribution is -2.38. The van der Waals surface area contributed by atoms with Crippen molar-refractivity contribution in [3.05, 3.63) is 48.4 Å². The van der Waals surface area contributed by atoms with E-state index in [2.05, 4.69) is 4.98 Å². The summed E-state index contributed by atoms with van der Waals surface area (Å²) in [6.45, 7) is 0.0667. The van der Waals surface area contributed by atoms with Crippen LogP contribution in [-0.4, -0.2) is 54.4 Å². The Kier molecular flexibility index (Phi) is 8.10. The number of aliphatic hydroxyl groups excluding tert-OH is 1. The minimum absolute atomic E-state index is 0.0501. The van der Waals surface area contributed by atoms with Gasteiger partial charge >= 0.3 is 0 Å². The molecule has 1 aliphatic rings. The summed E-state index contributed by atoms with van der Waals surface area (Å²) in [7, 11) is -1.92. The zero-order valence-electron chi connectivity index (χ0n) is 16.9. The predicted molar refractivity (Wildman–Crippen MR) is 115 cm³/mol. The molecule has 0 aliphatic heterocycles. The first-order valence-electron chi connectivity index (χ1n) is 9.99. The lowest BCUT2D eigenvalue weighted by Gasteiger charge is -2.30. The first-order chi connectivity index (χ1) is 14.4. The van der Waals surface area contributed by atoms with Crippen molar-refractivity contribution in [3.8, 4) is 5.75 Å². The molecule has 1 atom stereocenters. The number of aromatic nitrogens is 1. The number of rotatable bonds is 9. The molecule has 2 aromatic rings. The predicted octanol–water partition coefficient (Wildman–Crippen LogP) is 3.71. The third-order valence-electron chi connectivity index (χ3n) is 5.15. The third kappa shape index (κ3) is 6.16. The summed E-state index contributed by atoms with van der Waals surface area (Å²) in [5.74, 6) is 0.470. The second-order valence-electron chi connectivity index (χ2n) is 7.37. The summed E-state index contributed by atoms with van der Waals surface area (Å²) in [5, 5.41) is 10.7. The molecule has 1 aliphatic carbocycles. The van der Waals surface area contributed by atoms with Gasteiger partial charge in [-0.2, -0.15) is 4.31 Å². The van der Waals surface area contributed by atoms with E-state index in [1.807, 2.05) is 0 Å². The maximum atomic E-state index is 12.9. The Bertz CT molecular complexity index is 902. The van der Waals surface area contributed by atoms with Crippen LogP contribution in [0, 0.1) is 5.82 Å². The molecule has 30 heavy (non-hydrogen) atoms. The van der Waals surface area contributed by atoms with Crippen molar-refractivity contribution in [2.24, 2.45) is 0 Å². The van der Waals surface area contributed by atoms with E-state index in [1.165, 1.54) is 53.0 Å². The summed E-state index contributed by atoms with van der Waals surface area (Å²) >= 11 is 1.31. The van der Waals surface area contributed by atoms with Crippen molar-refractivity contribution >= 4 is 21.8 Å². The van der Waals surface area contributed by atoms with Gasteiger partial charge in [0.05, 0.1) is 11.1 Å². The van der Waals surface area contributed by atoms with Crippen LogP contribution in [0.1, 0.15) is 32.1 Å². The minimum atomic E-state index is -3.56. The Morgan fingerprint density at radius 2 is 1.90 bits per heavy atom. The zero-order valence-corrected chi connectivity index (χ0v) is 18.5. The summed E-state index contributed by atoms with van der Waals surface area (Å²) < 4.78 is 45.5. The normalized spacial score (nSPS) is 16.5. The Hall–Kier alpha value is -1.68. The van der Waals surface area contributed by atoms with Crippen molar-refractivity contribution in [2.45, 2.75) is 54.2 Å². The molecule has 0 bridgehead atoms. The van der Waals surface area contributed by atoms with Gasteiger partial charge in [0.2, 0.25) is 10.0 Å². The van der Waals surface area contributed by atoms with E-state index >= 15 is 0 Å². The Balaban J connectivity index is 1.50. The third-order valence-corrected chi connectivity index (χ3v) is 8.14. The van der Waals surface area contributed by atoms with Crippen molar-refractivity contribution in [1.82, 2.24) is 9.29 Å². The molecule has 0 radical (unpaired) electrons. The van der Waals surface area contributed by atoms with Gasteiger partial charge in [0.15, 0.2) is 0 Å². The molecule has 1 heterocycles. The Morgan fingerprint density at radius 1 is 1.20 bits per heavy atom. The van der Waals surface area contributed by atoms with Crippen LogP contribution in [0.25, 0.3) is 0 Å². The van der Waals surface area contributed by atoms with E-state index in [1.54, 1.807) is 19.2 Å². The average molecular weight is 455 g/mol. The van der Waals surface area contributed by atoms with Crippen LogP contribution in [0.5, 0.6) is 5.75 Å². The quantitative estimate of drug-likeness (QED) is 0.582. The number of halogens is 1. The molecule has 0 saturated heterocycles. The van der Waals surface area contributed by atoms with Crippen molar-refractivity contribution in [3.63, 3.8) is 0 Å². The first-order valence-corrected chi connectivity index (χ1v) is 12.4. The number of benzene rings is 1. The van der Waals surface area contributed by atoms with Crippen LogP contribution in [0.4, 0.5) is 4.39 Å². The Morgan fingerprint density at radius 3 is 2.53 bits per heavy atom. The number of hydrogen-bond acceptors (Lipinski definition) is 6. The van der Waals surface area contributed by atoms with E-state index in [9.17, 15) is 17.9 Å². The van der Waals surface area contributed by atoms with Crippen molar-refractivity contribution in [2.75, 3.05) is 19.4 Å². The number of pyridine rings is 1. The molecule has 3 rings (SSSR count). The van der Waals surface area contributed by atoms with E-state index in [4.69, 9.17) is 4.74 Å². The molecule has 1 saturated carbocycles. The maximum absolute atomic E-state index is 12.9. The van der Waals surface area contributed by atoms with Gasteiger partial charge in [-0.1, -0.05) is 19.3 Å². The summed E-state index contributed by atoms with van der Waals surface area (Å²) in [6, 6.07) is 8.85. The smallest absolute Gasteiger partial charge is 0.244 e. The van der Waals surface area contributed by atoms with Crippen LogP contribution in [0.15, 0.2) is 52.5 Å². The number of aliphatic hydroxyl groups is 1. The topological polar surface area (TPSA) is 79.7 Å². The van der Waals surface area contributed by atoms with E-state index in [0.717, 1.165) is 25.7 Å². The van der Waals surface area contributed by atoms with Gasteiger partial charge in [0.25, 0.3) is 0 Å². The van der Waals surface area contributed by atoms with Crippen LogP contribution in [-0.2, 0) is 10.0 Å². The van der Waals surface area contributed by atoms with Crippen molar-refractivity contribution < 1.29 is 22.7 Å². The molecule has 1 aromatic heterocycles. The highest BCUT2D eigenvalue weighted by atomic mass is 32.2. The van der Waals surface area contributed by atoms with Crippen LogP contribution >= 0.6 is 11.8 Å². The number of nitrogens with zero attached hydrogens (tertiary/aromatic N) is 2. The summed E-state index contributed by atoms with van der Waals surface area (Å²) in [6.07, 6.45) is 5.71. The lowest BCUT2D eigenvalue weighted by molar-refractivity contribution is 0.126. The molecule has 9 heteroatoms. The molecular formula is C21H27FN2O4S2. The van der Waals surface area contributed by atoms with Gasteiger partial charge in [-0.3, -0.25) is 0 Å². The van der Waals surface area contributed by atoms with Crippen LogP contribution < -0.4 is 4.74 Å². The van der Waals surface area contributed by atoms with Gasteiger partial charge in [0.1, 0.15) is 23.1 Å². The fourth-order valence-electron chi connectivity index (χ4n) is 3.36. The van der Waals surface area contributed by atoms with Crippen LogP contribution in [0.3, 0.4) is 0 Å². The van der Waals surface area contributed by atoms with Gasteiger partial charge in [-0.15, -0.1) is 11.8 Å². The van der Waals surface area contributed by atoms with Gasteiger partial charge in [0, 0.05) is 25.0 Å². The monoisotopic (exact) mass is 454 g/mol. The summed E-state index contributed by atoms with van der Waals surface area (Å²) in [5.41, 5.74) is 0. The molecule has 6 nitrogen and oxygen atoms in total. The maximum Gasteiger partial charge on any atom is 0.244 e. The first kappa shape index (κ1) is 23.0. The Labute approximate surface area is 181 Å². The molecule has 0 spiro atoms. The fourth-order valence-corrected chi connectivity index (χ4v) is 5.48. The average Bonchev–Trinajstić information content (AvgIpc) is 2.77. The molecule has 1 aromatic carbocycles. The second-order valence-corrected chi connectivity index (χ2v) is 10.4. The molecule has 1 N–H and O–H groups in total. The van der Waals surface area contributed by atoms with Crippen molar-refractivity contribution in [1.29, 1.82) is 0 Å². The lowest BCUT2D eigenvalue weighted by atomic mass is 9.96. The van der Waals surface area contributed by atoms with E-state index in [0.29, 0.717) is 16.5 Å². The molecule has 1 fully saturated rings. The second kappa shape index (κ2) is 10.6. The highest BCUT2D eigenvalue weighted by Gasteiger charge is 2.29. The molecule has 0 amide bonds. The highest BCUT2D eigenvalue weighted by molar-refractivity contribution is 7.99. The largest absolute Gasteiger partial charge is 0.491 e. The molecular weight excluding hydrogens is 427 g/mol. The SMILES string of the molecule is CN(C1CCCCC1)S(=O)(=O)c1ccc(SCC(O)COc2ccc(F)cc2)nc1. The van der Waals surface area contributed by atoms with E-state index in [-0.39, 0.29) is 23.4 Å². The minimum Gasteiger partial charge on any atom is -0.491 e. The van der Waals surface area contributed by atoms with E-state index < -0.39 is 16.1 Å². The van der Waals surface area contributed by atoms with Crippen LogP contribution in [0.2, 0.25) is 0 Å². The van der Waals surface area contributed by atoms with Gasteiger partial charge in [-0.05, 0) is 49.2 Å².